The summed E-state index contributed by atoms with van der Waals surface area (Å²) in [5, 5.41) is 0. The average molecular weight is 246 g/mol. The van der Waals surface area contributed by atoms with Gasteiger partial charge in [0.05, 0.1) is 0 Å². The molecule has 1 aliphatic rings. The maximum absolute atomic E-state index is 12.1. The first kappa shape index (κ1) is 12.9. The Morgan fingerprint density at radius 3 is 3.00 bits per heavy atom. The molecule has 0 saturated carbocycles. The Kier molecular flexibility index (Phi) is 4.24. The lowest BCUT2D eigenvalue weighted by Crippen LogP contribution is -2.28. The van der Waals surface area contributed by atoms with Crippen LogP contribution in [0.4, 0.5) is 5.69 Å². The Labute approximate surface area is 109 Å². The van der Waals surface area contributed by atoms with Gasteiger partial charge in [-0.05, 0) is 36.5 Å². The van der Waals surface area contributed by atoms with Gasteiger partial charge in [-0.15, -0.1) is 0 Å². The van der Waals surface area contributed by atoms with Gasteiger partial charge in [-0.2, -0.15) is 0 Å². The number of likely N-dealkylation sites (tertiary alicyclic amines) is 1. The van der Waals surface area contributed by atoms with E-state index in [9.17, 15) is 4.79 Å². The zero-order valence-corrected chi connectivity index (χ0v) is 11.1. The molecule has 1 atom stereocenters. The first-order valence-corrected chi connectivity index (χ1v) is 6.81. The van der Waals surface area contributed by atoms with Gasteiger partial charge in [0.25, 0.3) is 0 Å². The van der Waals surface area contributed by atoms with Crippen molar-refractivity contribution in [1.29, 1.82) is 0 Å². The molecule has 2 N–H and O–H groups in total. The molecule has 98 valence electrons. The topological polar surface area (TPSA) is 46.3 Å². The van der Waals surface area contributed by atoms with Crippen LogP contribution in [0.2, 0.25) is 0 Å². The number of nitrogens with zero attached hydrogens (tertiary/aromatic N) is 1. The van der Waals surface area contributed by atoms with Crippen LogP contribution < -0.4 is 5.73 Å². The average Bonchev–Trinajstić information content (AvgIpc) is 2.85. The monoisotopic (exact) mass is 246 g/mol. The second-order valence-electron chi connectivity index (χ2n) is 5.15. The van der Waals surface area contributed by atoms with Crippen molar-refractivity contribution >= 4 is 11.6 Å². The fourth-order valence-corrected chi connectivity index (χ4v) is 2.55. The Morgan fingerprint density at radius 1 is 1.50 bits per heavy atom. The second-order valence-corrected chi connectivity index (χ2v) is 5.15. The molecular formula is C15H22N2O. The van der Waals surface area contributed by atoms with Crippen LogP contribution in [0.1, 0.15) is 31.7 Å². The van der Waals surface area contributed by atoms with Crippen LogP contribution >= 0.6 is 0 Å². The number of carbonyl (C=O) groups excluding carboxylic acids is 1. The normalized spacial score (nSPS) is 19.2. The van der Waals surface area contributed by atoms with Crippen molar-refractivity contribution in [1.82, 2.24) is 4.90 Å². The Bertz CT molecular complexity index is 417. The molecule has 2 rings (SSSR count). The number of rotatable bonds is 4. The van der Waals surface area contributed by atoms with Gasteiger partial charge in [0, 0.05) is 25.2 Å². The molecule has 1 unspecified atom stereocenters. The van der Waals surface area contributed by atoms with Crippen LogP contribution in [0.3, 0.4) is 0 Å². The molecule has 3 heteroatoms. The number of carbonyl (C=O) groups is 1. The third-order valence-electron chi connectivity index (χ3n) is 3.79. The highest BCUT2D eigenvalue weighted by Crippen LogP contribution is 2.20. The van der Waals surface area contributed by atoms with Crippen molar-refractivity contribution in [3.8, 4) is 0 Å². The Morgan fingerprint density at radius 2 is 2.33 bits per heavy atom. The molecule has 1 aliphatic heterocycles. The molecule has 1 fully saturated rings. The minimum absolute atomic E-state index is 0.286. The number of anilines is 1. The molecule has 1 saturated heterocycles. The van der Waals surface area contributed by atoms with E-state index in [0.717, 1.165) is 30.8 Å². The standard InChI is InChI=1S/C15H22N2O/c1-2-12-8-9-17(11-12)15(18)7-6-13-4-3-5-14(16)10-13/h3-5,10,12H,2,6-9,11,16H2,1H3. The number of amides is 1. The first-order chi connectivity index (χ1) is 8.69. The summed E-state index contributed by atoms with van der Waals surface area (Å²) in [4.78, 5) is 14.1. The van der Waals surface area contributed by atoms with E-state index in [0.29, 0.717) is 12.3 Å². The number of nitrogen functional groups attached to an aromatic ring is 1. The van der Waals surface area contributed by atoms with Gasteiger partial charge in [-0.25, -0.2) is 0 Å². The van der Waals surface area contributed by atoms with Gasteiger partial charge >= 0.3 is 0 Å². The summed E-state index contributed by atoms with van der Waals surface area (Å²) in [7, 11) is 0. The van der Waals surface area contributed by atoms with Gasteiger partial charge in [-0.1, -0.05) is 25.5 Å². The van der Waals surface area contributed by atoms with E-state index in [1.807, 2.05) is 29.2 Å². The van der Waals surface area contributed by atoms with Crippen LogP contribution in [-0.2, 0) is 11.2 Å². The van der Waals surface area contributed by atoms with E-state index in [1.54, 1.807) is 0 Å². The predicted octanol–water partition coefficient (Wildman–Crippen LogP) is 2.46. The Balaban J connectivity index is 1.82. The summed E-state index contributed by atoms with van der Waals surface area (Å²) in [5.41, 5.74) is 7.65. The number of hydrogen-bond acceptors (Lipinski definition) is 2. The minimum atomic E-state index is 0.286. The molecule has 1 aromatic rings. The zero-order chi connectivity index (χ0) is 13.0. The molecule has 3 nitrogen and oxygen atoms in total. The van der Waals surface area contributed by atoms with Crippen molar-refractivity contribution in [3.63, 3.8) is 0 Å². The highest BCUT2D eigenvalue weighted by molar-refractivity contribution is 5.76. The Hall–Kier alpha value is -1.51. The van der Waals surface area contributed by atoms with E-state index < -0.39 is 0 Å². The summed E-state index contributed by atoms with van der Waals surface area (Å²) in [6, 6.07) is 7.80. The van der Waals surface area contributed by atoms with Gasteiger partial charge in [-0.3, -0.25) is 4.79 Å². The number of benzene rings is 1. The second kappa shape index (κ2) is 5.89. The molecule has 0 bridgehead atoms. The fourth-order valence-electron chi connectivity index (χ4n) is 2.55. The third kappa shape index (κ3) is 3.25. The summed E-state index contributed by atoms with van der Waals surface area (Å²) < 4.78 is 0. The molecule has 0 aromatic heterocycles. The largest absolute Gasteiger partial charge is 0.399 e. The lowest BCUT2D eigenvalue weighted by molar-refractivity contribution is -0.130. The van der Waals surface area contributed by atoms with Crippen LogP contribution in [-0.4, -0.2) is 23.9 Å². The highest BCUT2D eigenvalue weighted by atomic mass is 16.2. The number of aryl methyl sites for hydroxylation is 1. The van der Waals surface area contributed by atoms with Gasteiger partial charge < -0.3 is 10.6 Å². The molecular weight excluding hydrogens is 224 g/mol. The summed E-state index contributed by atoms with van der Waals surface area (Å²) in [5.74, 6) is 0.995. The van der Waals surface area contributed by atoms with E-state index in [1.165, 1.54) is 12.8 Å². The zero-order valence-electron chi connectivity index (χ0n) is 11.1. The minimum Gasteiger partial charge on any atom is -0.399 e. The highest BCUT2D eigenvalue weighted by Gasteiger charge is 2.24. The lowest BCUT2D eigenvalue weighted by Gasteiger charge is -2.16. The van der Waals surface area contributed by atoms with Crippen molar-refractivity contribution < 1.29 is 4.79 Å². The molecule has 0 aliphatic carbocycles. The third-order valence-corrected chi connectivity index (χ3v) is 3.79. The molecule has 1 amide bonds. The quantitative estimate of drug-likeness (QED) is 0.829. The molecule has 0 spiro atoms. The SMILES string of the molecule is CCC1CCN(C(=O)CCc2cccc(N)c2)C1. The van der Waals surface area contributed by atoms with Gasteiger partial charge in [0.2, 0.25) is 5.91 Å². The number of hydrogen-bond donors (Lipinski definition) is 1. The fraction of sp³-hybridized carbons (Fsp3) is 0.533. The van der Waals surface area contributed by atoms with Gasteiger partial charge in [0.1, 0.15) is 0 Å². The molecule has 0 radical (unpaired) electrons. The van der Waals surface area contributed by atoms with Crippen LogP contribution in [0.25, 0.3) is 0 Å². The smallest absolute Gasteiger partial charge is 0.222 e. The number of nitrogens with two attached hydrogens (primary N) is 1. The lowest BCUT2D eigenvalue weighted by atomic mass is 10.1. The van der Waals surface area contributed by atoms with Gasteiger partial charge in [0.15, 0.2) is 0 Å². The summed E-state index contributed by atoms with van der Waals surface area (Å²) in [6.45, 7) is 4.09. The molecule has 1 aromatic carbocycles. The van der Waals surface area contributed by atoms with E-state index in [4.69, 9.17) is 5.73 Å². The summed E-state index contributed by atoms with van der Waals surface area (Å²) >= 11 is 0. The first-order valence-electron chi connectivity index (χ1n) is 6.81. The maximum atomic E-state index is 12.1. The van der Waals surface area contributed by atoms with Crippen LogP contribution in [0, 0.1) is 5.92 Å². The van der Waals surface area contributed by atoms with E-state index in [-0.39, 0.29) is 5.91 Å². The van der Waals surface area contributed by atoms with Crippen molar-refractivity contribution in [2.24, 2.45) is 5.92 Å². The van der Waals surface area contributed by atoms with Crippen molar-refractivity contribution in [3.05, 3.63) is 29.8 Å². The summed E-state index contributed by atoms with van der Waals surface area (Å²) in [6.07, 6.45) is 3.73. The van der Waals surface area contributed by atoms with E-state index >= 15 is 0 Å². The van der Waals surface area contributed by atoms with Crippen molar-refractivity contribution in [2.75, 3.05) is 18.8 Å². The molecule has 1 heterocycles. The van der Waals surface area contributed by atoms with E-state index in [2.05, 4.69) is 6.92 Å². The van der Waals surface area contributed by atoms with Crippen LogP contribution in [0.5, 0.6) is 0 Å². The predicted molar refractivity (Wildman–Crippen MR) is 74.2 cm³/mol. The maximum Gasteiger partial charge on any atom is 0.222 e. The van der Waals surface area contributed by atoms with Crippen molar-refractivity contribution in [2.45, 2.75) is 32.6 Å². The molecule has 18 heavy (non-hydrogen) atoms. The van der Waals surface area contributed by atoms with Crippen LogP contribution in [0.15, 0.2) is 24.3 Å².